The molecule has 0 saturated heterocycles. The summed E-state index contributed by atoms with van der Waals surface area (Å²) >= 11 is 0. The van der Waals surface area contributed by atoms with E-state index in [4.69, 9.17) is 13.9 Å². The summed E-state index contributed by atoms with van der Waals surface area (Å²) in [5.74, 6) is 0.0813. The van der Waals surface area contributed by atoms with Crippen LogP contribution in [0.4, 0.5) is 0 Å². The minimum atomic E-state index is -1.38. The van der Waals surface area contributed by atoms with Crippen molar-refractivity contribution in [3.05, 3.63) is 51.9 Å². The van der Waals surface area contributed by atoms with Crippen molar-refractivity contribution >= 4 is 16.9 Å². The number of benzene rings is 1. The predicted octanol–water partition coefficient (Wildman–Crippen LogP) is 2.36. The summed E-state index contributed by atoms with van der Waals surface area (Å²) in [6.07, 6.45) is 1.39. The molecule has 1 aromatic heterocycles. The first kappa shape index (κ1) is 17.2. The summed E-state index contributed by atoms with van der Waals surface area (Å²) in [5, 5.41) is 11.5. The summed E-state index contributed by atoms with van der Waals surface area (Å²) < 4.78 is 16.3. The lowest BCUT2D eigenvalue weighted by Gasteiger charge is -2.28. The number of carbonyl (C=O) groups is 1. The van der Waals surface area contributed by atoms with E-state index in [9.17, 15) is 14.7 Å². The van der Waals surface area contributed by atoms with E-state index >= 15 is 0 Å². The van der Waals surface area contributed by atoms with Gasteiger partial charge in [-0.25, -0.2) is 9.59 Å². The molecule has 0 spiro atoms. The van der Waals surface area contributed by atoms with E-state index in [0.29, 0.717) is 23.3 Å². The van der Waals surface area contributed by atoms with Crippen molar-refractivity contribution < 1.29 is 23.8 Å². The van der Waals surface area contributed by atoms with Crippen molar-refractivity contribution in [3.8, 4) is 5.75 Å². The van der Waals surface area contributed by atoms with Crippen molar-refractivity contribution in [2.24, 2.45) is 0 Å². The Morgan fingerprint density at radius 3 is 2.84 bits per heavy atom. The number of hydrogen-bond acceptors (Lipinski definition) is 6. The molecule has 2 heterocycles. The molecule has 0 saturated carbocycles. The van der Waals surface area contributed by atoms with Gasteiger partial charge in [0.2, 0.25) is 0 Å². The summed E-state index contributed by atoms with van der Waals surface area (Å²) in [7, 11) is 0. The maximum Gasteiger partial charge on any atom is 0.336 e. The van der Waals surface area contributed by atoms with Crippen LogP contribution < -0.4 is 10.4 Å². The summed E-state index contributed by atoms with van der Waals surface area (Å²) in [4.78, 5) is 23.3. The van der Waals surface area contributed by atoms with E-state index in [1.54, 1.807) is 45.0 Å². The second kappa shape index (κ2) is 6.37. The maximum absolute atomic E-state index is 11.8. The first-order valence-electron chi connectivity index (χ1n) is 8.06. The minimum absolute atomic E-state index is 0.197. The number of ether oxygens (including phenoxy) is 2. The van der Waals surface area contributed by atoms with Crippen LogP contribution in [-0.4, -0.2) is 29.4 Å². The average Bonchev–Trinajstić information content (AvgIpc) is 3.04. The van der Waals surface area contributed by atoms with Gasteiger partial charge in [0.05, 0.1) is 0 Å². The standard InChI is InChI=1S/C19H20O6/c1-4-11(2)18(21)23-10-19(3,22)15-9-13-14(24-15)7-5-12-6-8-16(20)25-17(12)13/h4-8,15,22H,9-10H2,1-3H3/t15-,19+/m1/s1. The number of rotatable bonds is 4. The third-order valence-electron chi connectivity index (χ3n) is 4.45. The third-order valence-corrected chi connectivity index (χ3v) is 4.45. The smallest absolute Gasteiger partial charge is 0.336 e. The maximum atomic E-state index is 11.8. The van der Waals surface area contributed by atoms with Gasteiger partial charge in [-0.1, -0.05) is 6.08 Å². The van der Waals surface area contributed by atoms with Crippen molar-refractivity contribution in [2.45, 2.75) is 38.9 Å². The number of carbonyl (C=O) groups excluding carboxylic acids is 1. The molecule has 0 amide bonds. The monoisotopic (exact) mass is 344 g/mol. The molecule has 25 heavy (non-hydrogen) atoms. The van der Waals surface area contributed by atoms with Crippen molar-refractivity contribution in [1.29, 1.82) is 0 Å². The molecule has 0 radical (unpaired) electrons. The van der Waals surface area contributed by atoms with E-state index < -0.39 is 23.3 Å². The molecule has 1 aliphatic heterocycles. The largest absolute Gasteiger partial charge is 0.487 e. The van der Waals surface area contributed by atoms with Crippen LogP contribution in [0.1, 0.15) is 26.3 Å². The Bertz CT molecular complexity index is 906. The zero-order chi connectivity index (χ0) is 18.2. The molecule has 1 aromatic carbocycles. The number of hydrogen-bond donors (Lipinski definition) is 1. The fourth-order valence-corrected chi connectivity index (χ4v) is 2.74. The zero-order valence-electron chi connectivity index (χ0n) is 14.4. The fourth-order valence-electron chi connectivity index (χ4n) is 2.74. The lowest BCUT2D eigenvalue weighted by Crippen LogP contribution is -2.46. The van der Waals surface area contributed by atoms with Crippen LogP contribution >= 0.6 is 0 Å². The highest BCUT2D eigenvalue weighted by Gasteiger charge is 2.40. The van der Waals surface area contributed by atoms with Crippen LogP contribution in [0.15, 0.2) is 45.1 Å². The van der Waals surface area contributed by atoms with Crippen LogP contribution in [0.5, 0.6) is 5.75 Å². The Balaban J connectivity index is 1.81. The molecule has 2 atom stereocenters. The molecule has 132 valence electrons. The molecule has 0 bridgehead atoms. The van der Waals surface area contributed by atoms with Crippen molar-refractivity contribution in [1.82, 2.24) is 0 Å². The highest BCUT2D eigenvalue weighted by atomic mass is 16.6. The first-order chi connectivity index (χ1) is 11.8. The van der Waals surface area contributed by atoms with Gasteiger partial charge in [-0.15, -0.1) is 0 Å². The number of esters is 1. The van der Waals surface area contributed by atoms with Gasteiger partial charge < -0.3 is 19.0 Å². The molecule has 1 N–H and O–H groups in total. The fraction of sp³-hybridized carbons (Fsp3) is 0.368. The molecule has 0 aliphatic carbocycles. The van der Waals surface area contributed by atoms with E-state index in [-0.39, 0.29) is 6.61 Å². The van der Waals surface area contributed by atoms with Crippen LogP contribution in [0.2, 0.25) is 0 Å². The first-order valence-corrected chi connectivity index (χ1v) is 8.06. The Hall–Kier alpha value is -2.60. The van der Waals surface area contributed by atoms with Crippen LogP contribution in [0.3, 0.4) is 0 Å². The second-order valence-corrected chi connectivity index (χ2v) is 6.43. The number of aliphatic hydroxyl groups is 1. The van der Waals surface area contributed by atoms with Gasteiger partial charge in [0.15, 0.2) is 0 Å². The highest BCUT2D eigenvalue weighted by Crippen LogP contribution is 2.37. The van der Waals surface area contributed by atoms with Gasteiger partial charge in [-0.3, -0.25) is 0 Å². The molecule has 2 aromatic rings. The van der Waals surface area contributed by atoms with Crippen LogP contribution in [0, 0.1) is 0 Å². The molecule has 0 unspecified atom stereocenters. The SMILES string of the molecule is CC=C(C)C(=O)OC[C@](C)(O)[C@H]1Cc2c(ccc3ccc(=O)oc23)O1. The third kappa shape index (κ3) is 3.30. The average molecular weight is 344 g/mol. The normalized spacial score (nSPS) is 19.2. The molecule has 6 nitrogen and oxygen atoms in total. The molecule has 0 fully saturated rings. The predicted molar refractivity (Wildman–Crippen MR) is 91.6 cm³/mol. The van der Waals surface area contributed by atoms with Crippen LogP contribution in [-0.2, 0) is 16.0 Å². The summed E-state index contributed by atoms with van der Waals surface area (Å²) in [6, 6.07) is 6.63. The Morgan fingerprint density at radius 1 is 1.40 bits per heavy atom. The zero-order valence-corrected chi connectivity index (χ0v) is 14.4. The van der Waals surface area contributed by atoms with Gasteiger partial charge in [0.25, 0.3) is 0 Å². The number of fused-ring (bicyclic) bond motifs is 3. The Labute approximate surface area is 144 Å². The van der Waals surface area contributed by atoms with Crippen LogP contribution in [0.25, 0.3) is 11.0 Å². The summed E-state index contributed by atoms with van der Waals surface area (Å²) in [6.45, 7) is 4.75. The highest BCUT2D eigenvalue weighted by molar-refractivity contribution is 5.87. The molecular weight excluding hydrogens is 324 g/mol. The van der Waals surface area contributed by atoms with E-state index in [2.05, 4.69) is 0 Å². The summed E-state index contributed by atoms with van der Waals surface area (Å²) in [5.41, 5.74) is -0.156. The minimum Gasteiger partial charge on any atom is -0.487 e. The lowest BCUT2D eigenvalue weighted by molar-refractivity contribution is -0.151. The van der Waals surface area contributed by atoms with E-state index in [1.165, 1.54) is 6.07 Å². The van der Waals surface area contributed by atoms with Gasteiger partial charge in [-0.05, 0) is 39.0 Å². The quantitative estimate of drug-likeness (QED) is 0.521. The Morgan fingerprint density at radius 2 is 2.12 bits per heavy atom. The Kier molecular flexibility index (Phi) is 4.39. The molecule has 3 rings (SSSR count). The van der Waals surface area contributed by atoms with Gasteiger partial charge in [0.1, 0.15) is 29.6 Å². The van der Waals surface area contributed by atoms with E-state index in [0.717, 1.165) is 10.9 Å². The second-order valence-electron chi connectivity index (χ2n) is 6.43. The van der Waals surface area contributed by atoms with Gasteiger partial charge in [0, 0.05) is 29.0 Å². The molecule has 6 heteroatoms. The lowest BCUT2D eigenvalue weighted by atomic mass is 9.95. The number of allylic oxidation sites excluding steroid dienone is 1. The van der Waals surface area contributed by atoms with Gasteiger partial charge >= 0.3 is 11.6 Å². The molecular formula is C19H20O6. The van der Waals surface area contributed by atoms with Crippen molar-refractivity contribution in [2.75, 3.05) is 6.61 Å². The van der Waals surface area contributed by atoms with Crippen molar-refractivity contribution in [3.63, 3.8) is 0 Å². The van der Waals surface area contributed by atoms with Gasteiger partial charge in [-0.2, -0.15) is 0 Å². The molecule has 1 aliphatic rings. The topological polar surface area (TPSA) is 86.0 Å². The van der Waals surface area contributed by atoms with E-state index in [1.807, 2.05) is 0 Å².